The first-order valence-electron chi connectivity index (χ1n) is 4.88. The molecule has 1 fully saturated rings. The number of hydrogen-bond acceptors (Lipinski definition) is 3. The molecule has 13 heavy (non-hydrogen) atoms. The highest BCUT2D eigenvalue weighted by Gasteiger charge is 2.05. The summed E-state index contributed by atoms with van der Waals surface area (Å²) in [6.45, 7) is 2.95. The van der Waals surface area contributed by atoms with Crippen molar-refractivity contribution in [3.63, 3.8) is 0 Å². The summed E-state index contributed by atoms with van der Waals surface area (Å²) in [6, 6.07) is 0. The van der Waals surface area contributed by atoms with Crippen LogP contribution in [0.2, 0.25) is 0 Å². The van der Waals surface area contributed by atoms with E-state index >= 15 is 0 Å². The van der Waals surface area contributed by atoms with Gasteiger partial charge in [0.1, 0.15) is 5.78 Å². The molecule has 0 bridgehead atoms. The minimum Gasteiger partial charge on any atom is -0.468 e. The molecule has 3 heteroatoms. The summed E-state index contributed by atoms with van der Waals surface area (Å²) in [6.07, 6.45) is 6.14. The van der Waals surface area contributed by atoms with Crippen LogP contribution in [0.25, 0.3) is 0 Å². The van der Waals surface area contributed by atoms with Crippen molar-refractivity contribution in [3.8, 4) is 0 Å². The Kier molecular flexibility index (Phi) is 8.62. The first-order chi connectivity index (χ1) is 6.31. The van der Waals surface area contributed by atoms with Gasteiger partial charge < -0.3 is 4.74 Å². The molecule has 1 aliphatic rings. The maximum atomic E-state index is 10.5. The molecule has 0 aliphatic heterocycles. The minimum atomic E-state index is 0.462. The molecule has 1 aliphatic carbocycles. The van der Waals surface area contributed by atoms with Crippen LogP contribution in [0.5, 0.6) is 0 Å². The van der Waals surface area contributed by atoms with Gasteiger partial charge in [0.15, 0.2) is 0 Å². The number of ether oxygens (including phenoxy) is 1. The number of ketones is 1. The van der Waals surface area contributed by atoms with E-state index in [1.807, 2.05) is 6.92 Å². The van der Waals surface area contributed by atoms with E-state index in [0.29, 0.717) is 18.9 Å². The Labute approximate surface area is 79.5 Å². The Morgan fingerprint density at radius 3 is 2.15 bits per heavy atom. The van der Waals surface area contributed by atoms with E-state index in [0.717, 1.165) is 32.1 Å². The van der Waals surface area contributed by atoms with Crippen molar-refractivity contribution in [2.24, 2.45) is 0 Å². The van der Waals surface area contributed by atoms with Crippen molar-refractivity contribution >= 4 is 12.3 Å². The van der Waals surface area contributed by atoms with E-state index in [4.69, 9.17) is 0 Å². The van der Waals surface area contributed by atoms with Crippen molar-refractivity contribution in [3.05, 3.63) is 0 Å². The molecule has 0 saturated heterocycles. The predicted octanol–water partition coefficient (Wildman–Crippen LogP) is 2.09. The zero-order chi connectivity index (χ0) is 9.94. The lowest BCUT2D eigenvalue weighted by Gasteiger charge is -2.05. The third-order valence-corrected chi connectivity index (χ3v) is 1.80. The van der Waals surface area contributed by atoms with Crippen molar-refractivity contribution in [1.29, 1.82) is 0 Å². The largest absolute Gasteiger partial charge is 0.468 e. The third-order valence-electron chi connectivity index (χ3n) is 1.80. The summed E-state index contributed by atoms with van der Waals surface area (Å²) in [5.74, 6) is 0.464. The molecule has 76 valence electrons. The average Bonchev–Trinajstić information content (AvgIpc) is 2.17. The van der Waals surface area contributed by atoms with E-state index in [9.17, 15) is 9.59 Å². The highest BCUT2D eigenvalue weighted by molar-refractivity contribution is 5.78. The van der Waals surface area contributed by atoms with Gasteiger partial charge in [-0.2, -0.15) is 0 Å². The number of hydrogen-bond donors (Lipinski definition) is 0. The normalized spacial score (nSPS) is 15.6. The Hall–Kier alpha value is -0.860. The van der Waals surface area contributed by atoms with Gasteiger partial charge in [0, 0.05) is 12.8 Å². The number of carbonyl (C=O) groups excluding carboxylic acids is 2. The molecular formula is C10H18O3. The molecule has 0 heterocycles. The van der Waals surface area contributed by atoms with Gasteiger partial charge in [-0.3, -0.25) is 9.59 Å². The first kappa shape index (κ1) is 12.1. The molecule has 1 rings (SSSR count). The van der Waals surface area contributed by atoms with Crippen LogP contribution in [-0.4, -0.2) is 18.9 Å². The van der Waals surface area contributed by atoms with E-state index < -0.39 is 0 Å². The molecule has 0 atom stereocenters. The maximum Gasteiger partial charge on any atom is 0.293 e. The molecule has 0 aromatic carbocycles. The second-order valence-corrected chi connectivity index (χ2v) is 3.07. The molecule has 0 aromatic rings. The molecule has 1 saturated carbocycles. The Bertz CT molecular complexity index is 135. The summed E-state index contributed by atoms with van der Waals surface area (Å²) in [4.78, 5) is 19.8. The van der Waals surface area contributed by atoms with Gasteiger partial charge in [-0.1, -0.05) is 13.3 Å². The fourth-order valence-electron chi connectivity index (χ4n) is 1.11. The van der Waals surface area contributed by atoms with Gasteiger partial charge >= 0.3 is 0 Å². The first-order valence-corrected chi connectivity index (χ1v) is 4.88. The zero-order valence-electron chi connectivity index (χ0n) is 8.25. The SMILES string of the molecule is CCCOC=O.O=C1CCCCC1. The molecular weight excluding hydrogens is 168 g/mol. The molecule has 0 N–H and O–H groups in total. The van der Waals surface area contributed by atoms with Gasteiger partial charge in [-0.15, -0.1) is 0 Å². The van der Waals surface area contributed by atoms with Crippen LogP contribution in [0.3, 0.4) is 0 Å². The van der Waals surface area contributed by atoms with Crippen molar-refractivity contribution < 1.29 is 14.3 Å². The lowest BCUT2D eigenvalue weighted by atomic mass is 10.00. The van der Waals surface area contributed by atoms with Crippen LogP contribution >= 0.6 is 0 Å². The number of carbonyl (C=O) groups is 2. The maximum absolute atomic E-state index is 10.5. The van der Waals surface area contributed by atoms with Crippen LogP contribution in [-0.2, 0) is 14.3 Å². The average molecular weight is 186 g/mol. The van der Waals surface area contributed by atoms with Gasteiger partial charge in [-0.25, -0.2) is 0 Å². The lowest BCUT2D eigenvalue weighted by molar-refractivity contribution is -0.128. The van der Waals surface area contributed by atoms with Crippen LogP contribution < -0.4 is 0 Å². The summed E-state index contributed by atoms with van der Waals surface area (Å²) < 4.78 is 4.30. The van der Waals surface area contributed by atoms with Crippen LogP contribution in [0, 0.1) is 0 Å². The Morgan fingerprint density at radius 2 is 1.92 bits per heavy atom. The van der Waals surface area contributed by atoms with E-state index in [1.54, 1.807) is 0 Å². The Balaban J connectivity index is 0.000000226. The van der Waals surface area contributed by atoms with Gasteiger partial charge in [0.2, 0.25) is 0 Å². The smallest absolute Gasteiger partial charge is 0.293 e. The Morgan fingerprint density at radius 1 is 1.31 bits per heavy atom. The standard InChI is InChI=1S/C6H10O.C4H8O2/c7-6-4-2-1-3-5-6;1-2-3-6-4-5/h1-5H2;4H,2-3H2,1H3. The number of rotatable bonds is 3. The molecule has 0 radical (unpaired) electrons. The summed E-state index contributed by atoms with van der Waals surface area (Å²) in [7, 11) is 0. The van der Waals surface area contributed by atoms with Gasteiger partial charge in [0.05, 0.1) is 6.61 Å². The highest BCUT2D eigenvalue weighted by Crippen LogP contribution is 2.12. The molecule has 3 nitrogen and oxygen atoms in total. The second kappa shape index (κ2) is 9.23. The number of Topliss-reactive ketones (excluding diaryl/α,β-unsaturated/α-hetero) is 1. The summed E-state index contributed by atoms with van der Waals surface area (Å²) in [5.41, 5.74) is 0. The van der Waals surface area contributed by atoms with Crippen molar-refractivity contribution in [1.82, 2.24) is 0 Å². The van der Waals surface area contributed by atoms with E-state index in [1.165, 1.54) is 6.42 Å². The molecule has 0 spiro atoms. The molecule has 0 amide bonds. The van der Waals surface area contributed by atoms with Gasteiger partial charge in [-0.05, 0) is 19.3 Å². The fraction of sp³-hybridized carbons (Fsp3) is 0.800. The minimum absolute atomic E-state index is 0.462. The molecule has 0 unspecified atom stereocenters. The van der Waals surface area contributed by atoms with E-state index in [-0.39, 0.29) is 0 Å². The second-order valence-electron chi connectivity index (χ2n) is 3.07. The highest BCUT2D eigenvalue weighted by atomic mass is 16.5. The van der Waals surface area contributed by atoms with Crippen molar-refractivity contribution in [2.75, 3.05) is 6.61 Å². The monoisotopic (exact) mass is 186 g/mol. The third kappa shape index (κ3) is 9.05. The van der Waals surface area contributed by atoms with Crippen LogP contribution in [0.4, 0.5) is 0 Å². The summed E-state index contributed by atoms with van der Waals surface area (Å²) >= 11 is 0. The topological polar surface area (TPSA) is 43.4 Å². The van der Waals surface area contributed by atoms with Crippen LogP contribution in [0.1, 0.15) is 45.4 Å². The zero-order valence-corrected chi connectivity index (χ0v) is 8.25. The molecule has 0 aromatic heterocycles. The van der Waals surface area contributed by atoms with Crippen LogP contribution in [0.15, 0.2) is 0 Å². The summed E-state index contributed by atoms with van der Waals surface area (Å²) in [5, 5.41) is 0. The quantitative estimate of drug-likeness (QED) is 0.500. The lowest BCUT2D eigenvalue weighted by Crippen LogP contribution is -2.02. The van der Waals surface area contributed by atoms with Crippen molar-refractivity contribution in [2.45, 2.75) is 45.4 Å². The van der Waals surface area contributed by atoms with Gasteiger partial charge in [0.25, 0.3) is 6.47 Å². The van der Waals surface area contributed by atoms with E-state index in [2.05, 4.69) is 4.74 Å². The predicted molar refractivity (Wildman–Crippen MR) is 50.4 cm³/mol. The fourth-order valence-corrected chi connectivity index (χ4v) is 1.11.